The van der Waals surface area contributed by atoms with Crippen molar-refractivity contribution in [2.24, 2.45) is 0 Å². The Bertz CT molecular complexity index is 362. The van der Waals surface area contributed by atoms with Gasteiger partial charge in [-0.3, -0.25) is 0 Å². The number of ether oxygens (including phenoxy) is 1. The van der Waals surface area contributed by atoms with Gasteiger partial charge in [-0.15, -0.1) is 0 Å². The second-order valence-electron chi connectivity index (χ2n) is 5.68. The Morgan fingerprint density at radius 2 is 1.68 bits per heavy atom. The molecule has 0 saturated carbocycles. The summed E-state index contributed by atoms with van der Waals surface area (Å²) in [4.78, 5) is 0. The maximum Gasteiger partial charge on any atom is 0.0518 e. The highest BCUT2D eigenvalue weighted by Gasteiger charge is 2.03. The molecule has 1 aromatic carbocycles. The summed E-state index contributed by atoms with van der Waals surface area (Å²) in [6, 6.07) is 4.53. The first kappa shape index (κ1) is 16.2. The van der Waals surface area contributed by atoms with Crippen molar-refractivity contribution in [3.63, 3.8) is 0 Å². The highest BCUT2D eigenvalue weighted by molar-refractivity contribution is 5.37. The van der Waals surface area contributed by atoms with Gasteiger partial charge in [0.2, 0.25) is 0 Å². The molecule has 0 radical (unpaired) electrons. The van der Waals surface area contributed by atoms with Crippen LogP contribution in [0.4, 0.5) is 0 Å². The summed E-state index contributed by atoms with van der Waals surface area (Å²) in [5.41, 5.74) is 5.59. The Morgan fingerprint density at radius 3 is 2.26 bits per heavy atom. The fraction of sp³-hybridized carbons (Fsp3) is 0.647. The normalized spacial score (nSPS) is 11.3. The molecule has 1 aromatic rings. The zero-order valence-electron chi connectivity index (χ0n) is 13.2. The van der Waals surface area contributed by atoms with Crippen LogP contribution < -0.4 is 5.32 Å². The molecule has 1 rings (SSSR count). The van der Waals surface area contributed by atoms with E-state index in [1.165, 1.54) is 28.7 Å². The average Bonchev–Trinajstić information content (AvgIpc) is 2.30. The Hall–Kier alpha value is -0.860. The van der Waals surface area contributed by atoms with E-state index in [9.17, 15) is 0 Å². The fourth-order valence-corrected chi connectivity index (χ4v) is 2.37. The van der Waals surface area contributed by atoms with E-state index < -0.39 is 0 Å². The summed E-state index contributed by atoms with van der Waals surface area (Å²) in [6.45, 7) is 13.6. The molecule has 0 spiro atoms. The lowest BCUT2D eigenvalue weighted by molar-refractivity contribution is 0.0760. The Kier molecular flexibility index (Phi) is 7.11. The molecule has 0 amide bonds. The van der Waals surface area contributed by atoms with E-state index in [2.05, 4.69) is 52.1 Å². The third-order valence-electron chi connectivity index (χ3n) is 3.34. The third-order valence-corrected chi connectivity index (χ3v) is 3.34. The molecule has 0 unspecified atom stereocenters. The van der Waals surface area contributed by atoms with Gasteiger partial charge in [0, 0.05) is 13.2 Å². The van der Waals surface area contributed by atoms with Crippen molar-refractivity contribution in [2.75, 3.05) is 13.2 Å². The number of unbranched alkanes of at least 4 members (excludes halogenated alkanes) is 1. The van der Waals surface area contributed by atoms with Crippen LogP contribution >= 0.6 is 0 Å². The number of aryl methyl sites for hydroxylation is 3. The van der Waals surface area contributed by atoms with E-state index >= 15 is 0 Å². The van der Waals surface area contributed by atoms with Crippen LogP contribution in [-0.4, -0.2) is 19.3 Å². The van der Waals surface area contributed by atoms with Crippen molar-refractivity contribution in [1.29, 1.82) is 0 Å². The quantitative estimate of drug-likeness (QED) is 0.718. The lowest BCUT2D eigenvalue weighted by Gasteiger charge is -2.12. The highest BCUT2D eigenvalue weighted by Crippen LogP contribution is 2.15. The van der Waals surface area contributed by atoms with Crippen molar-refractivity contribution in [1.82, 2.24) is 5.32 Å². The zero-order chi connectivity index (χ0) is 14.3. The lowest BCUT2D eigenvalue weighted by Crippen LogP contribution is -2.17. The van der Waals surface area contributed by atoms with E-state index in [-0.39, 0.29) is 0 Å². The van der Waals surface area contributed by atoms with Crippen LogP contribution in [-0.2, 0) is 11.3 Å². The van der Waals surface area contributed by atoms with Gasteiger partial charge in [-0.2, -0.15) is 0 Å². The molecule has 0 aliphatic carbocycles. The molecule has 2 heteroatoms. The standard InChI is InChI=1S/C17H29NO/c1-13(2)19-9-7-6-8-18-12-17-15(4)10-14(3)11-16(17)5/h10-11,13,18H,6-9,12H2,1-5H3. The molecule has 0 bridgehead atoms. The van der Waals surface area contributed by atoms with Crippen molar-refractivity contribution in [3.05, 3.63) is 34.4 Å². The number of nitrogens with one attached hydrogen (secondary N) is 1. The van der Waals surface area contributed by atoms with Crippen LogP contribution in [0.5, 0.6) is 0 Å². The van der Waals surface area contributed by atoms with Crippen LogP contribution in [0.3, 0.4) is 0 Å². The molecule has 19 heavy (non-hydrogen) atoms. The Labute approximate surface area is 118 Å². The van der Waals surface area contributed by atoms with Gasteiger partial charge in [-0.25, -0.2) is 0 Å². The first-order valence-electron chi connectivity index (χ1n) is 7.39. The summed E-state index contributed by atoms with van der Waals surface area (Å²) in [5, 5.41) is 3.54. The smallest absolute Gasteiger partial charge is 0.0518 e. The van der Waals surface area contributed by atoms with Crippen LogP contribution in [0.25, 0.3) is 0 Å². The molecule has 0 aliphatic heterocycles. The van der Waals surface area contributed by atoms with Gasteiger partial charge in [0.25, 0.3) is 0 Å². The second-order valence-corrected chi connectivity index (χ2v) is 5.68. The van der Waals surface area contributed by atoms with Gasteiger partial charge < -0.3 is 10.1 Å². The molecule has 2 nitrogen and oxygen atoms in total. The zero-order valence-corrected chi connectivity index (χ0v) is 13.2. The predicted molar refractivity (Wildman–Crippen MR) is 82.7 cm³/mol. The molecule has 0 heterocycles. The van der Waals surface area contributed by atoms with Gasteiger partial charge in [0.1, 0.15) is 0 Å². The van der Waals surface area contributed by atoms with Crippen LogP contribution in [0.2, 0.25) is 0 Å². The Balaban J connectivity index is 2.23. The van der Waals surface area contributed by atoms with E-state index in [0.29, 0.717) is 6.10 Å². The van der Waals surface area contributed by atoms with E-state index in [1.807, 2.05) is 0 Å². The summed E-state index contributed by atoms with van der Waals surface area (Å²) in [6.07, 6.45) is 2.67. The van der Waals surface area contributed by atoms with Gasteiger partial charge in [0.05, 0.1) is 6.10 Å². The summed E-state index contributed by atoms with van der Waals surface area (Å²) in [5.74, 6) is 0. The van der Waals surface area contributed by atoms with Crippen molar-refractivity contribution in [2.45, 2.75) is 60.1 Å². The minimum Gasteiger partial charge on any atom is -0.379 e. The third kappa shape index (κ3) is 6.22. The average molecular weight is 263 g/mol. The van der Waals surface area contributed by atoms with Gasteiger partial charge in [0.15, 0.2) is 0 Å². The van der Waals surface area contributed by atoms with Gasteiger partial charge >= 0.3 is 0 Å². The number of benzene rings is 1. The first-order chi connectivity index (χ1) is 9.00. The number of hydrogen-bond acceptors (Lipinski definition) is 2. The minimum absolute atomic E-state index is 0.353. The summed E-state index contributed by atoms with van der Waals surface area (Å²) in [7, 11) is 0. The van der Waals surface area contributed by atoms with E-state index in [0.717, 1.165) is 26.1 Å². The van der Waals surface area contributed by atoms with Crippen molar-refractivity contribution >= 4 is 0 Å². The lowest BCUT2D eigenvalue weighted by atomic mass is 10.00. The molecular formula is C17H29NO. The van der Waals surface area contributed by atoms with Gasteiger partial charge in [-0.1, -0.05) is 17.7 Å². The van der Waals surface area contributed by atoms with E-state index in [4.69, 9.17) is 4.74 Å². The van der Waals surface area contributed by atoms with Gasteiger partial charge in [-0.05, 0) is 70.7 Å². The van der Waals surface area contributed by atoms with E-state index in [1.54, 1.807) is 0 Å². The fourth-order valence-electron chi connectivity index (χ4n) is 2.37. The van der Waals surface area contributed by atoms with Crippen molar-refractivity contribution in [3.8, 4) is 0 Å². The Morgan fingerprint density at radius 1 is 1.05 bits per heavy atom. The largest absolute Gasteiger partial charge is 0.379 e. The SMILES string of the molecule is Cc1cc(C)c(CNCCCCOC(C)C)c(C)c1. The minimum atomic E-state index is 0.353. The van der Waals surface area contributed by atoms with Crippen LogP contribution in [0.1, 0.15) is 48.9 Å². The monoisotopic (exact) mass is 263 g/mol. The maximum atomic E-state index is 5.53. The molecule has 0 saturated heterocycles. The molecular weight excluding hydrogens is 234 g/mol. The summed E-state index contributed by atoms with van der Waals surface area (Å²) < 4.78 is 5.53. The highest BCUT2D eigenvalue weighted by atomic mass is 16.5. The maximum absolute atomic E-state index is 5.53. The van der Waals surface area contributed by atoms with Crippen LogP contribution in [0, 0.1) is 20.8 Å². The molecule has 0 atom stereocenters. The topological polar surface area (TPSA) is 21.3 Å². The second kappa shape index (κ2) is 8.34. The summed E-state index contributed by atoms with van der Waals surface area (Å²) >= 11 is 0. The van der Waals surface area contributed by atoms with Crippen molar-refractivity contribution < 1.29 is 4.74 Å². The molecule has 0 aliphatic rings. The van der Waals surface area contributed by atoms with Crippen LogP contribution in [0.15, 0.2) is 12.1 Å². The molecule has 0 aromatic heterocycles. The molecule has 0 fully saturated rings. The molecule has 108 valence electrons. The number of hydrogen-bond donors (Lipinski definition) is 1. The predicted octanol–water partition coefficient (Wildman–Crippen LogP) is 3.91. The molecule has 1 N–H and O–H groups in total. The first-order valence-corrected chi connectivity index (χ1v) is 7.39. The number of rotatable bonds is 8.